The number of nitrogens with one attached hydrogen (secondary N) is 1. The van der Waals surface area contributed by atoms with Gasteiger partial charge in [-0.25, -0.2) is 4.79 Å². The van der Waals surface area contributed by atoms with Crippen LogP contribution in [-0.2, 0) is 9.53 Å². The van der Waals surface area contributed by atoms with E-state index >= 15 is 0 Å². The van der Waals surface area contributed by atoms with Crippen LogP contribution < -0.4 is 5.32 Å². The number of nitrogens with zero attached hydrogens (tertiary/aromatic N) is 1. The van der Waals surface area contributed by atoms with E-state index in [-0.39, 0.29) is 10.6 Å². The normalized spacial score (nSPS) is 11.2. The van der Waals surface area contributed by atoms with Crippen molar-refractivity contribution in [2.75, 3.05) is 5.32 Å². The Morgan fingerprint density at radius 1 is 1.21 bits per heavy atom. The van der Waals surface area contributed by atoms with Crippen LogP contribution in [0, 0.1) is 11.3 Å². The minimum Gasteiger partial charge on any atom is -0.449 e. The van der Waals surface area contributed by atoms with Crippen molar-refractivity contribution in [3.05, 3.63) is 63.6 Å². The molecule has 122 valence electrons. The summed E-state index contributed by atoms with van der Waals surface area (Å²) in [6.45, 7) is 1.42. The first-order valence-corrected chi connectivity index (χ1v) is 7.64. The van der Waals surface area contributed by atoms with Crippen LogP contribution in [0.4, 0.5) is 5.69 Å². The molecule has 0 radical (unpaired) electrons. The zero-order valence-electron chi connectivity index (χ0n) is 12.5. The monoisotopic (exact) mass is 362 g/mol. The highest BCUT2D eigenvalue weighted by molar-refractivity contribution is 6.36. The van der Waals surface area contributed by atoms with Crippen LogP contribution in [0.2, 0.25) is 10.0 Å². The molecule has 0 heterocycles. The molecule has 0 saturated carbocycles. The van der Waals surface area contributed by atoms with E-state index in [9.17, 15) is 9.59 Å². The number of anilines is 1. The summed E-state index contributed by atoms with van der Waals surface area (Å²) in [6.07, 6.45) is -1.07. The molecule has 0 unspecified atom stereocenters. The lowest BCUT2D eigenvalue weighted by Crippen LogP contribution is -2.30. The molecule has 0 aliphatic carbocycles. The molecule has 1 N–H and O–H groups in total. The fourth-order valence-electron chi connectivity index (χ4n) is 1.86. The van der Waals surface area contributed by atoms with Gasteiger partial charge in [0.05, 0.1) is 21.8 Å². The summed E-state index contributed by atoms with van der Waals surface area (Å²) in [6, 6.07) is 12.8. The standard InChI is InChI=1S/C17H12Cl2N2O3/c1-10(16(22)21-15-5-3-2-4-11(15)9-20)24-17(23)13-7-6-12(18)8-14(13)19/h2-8,10H,1H3,(H,21,22)/t10-/m0/s1. The molecule has 0 fully saturated rings. The van der Waals surface area contributed by atoms with Gasteiger partial charge < -0.3 is 10.1 Å². The van der Waals surface area contributed by atoms with Crippen LogP contribution in [0.25, 0.3) is 0 Å². The lowest BCUT2D eigenvalue weighted by molar-refractivity contribution is -0.123. The summed E-state index contributed by atoms with van der Waals surface area (Å²) in [4.78, 5) is 24.2. The second-order valence-electron chi connectivity index (χ2n) is 4.82. The Hall–Kier alpha value is -2.55. The first-order chi connectivity index (χ1) is 11.4. The third kappa shape index (κ3) is 4.25. The van der Waals surface area contributed by atoms with Gasteiger partial charge in [0.1, 0.15) is 6.07 Å². The van der Waals surface area contributed by atoms with Gasteiger partial charge in [0, 0.05) is 5.02 Å². The van der Waals surface area contributed by atoms with E-state index < -0.39 is 18.0 Å². The molecule has 1 amide bonds. The largest absolute Gasteiger partial charge is 0.449 e. The summed E-state index contributed by atoms with van der Waals surface area (Å²) >= 11 is 11.7. The van der Waals surface area contributed by atoms with E-state index in [2.05, 4.69) is 5.32 Å². The Balaban J connectivity index is 2.06. The van der Waals surface area contributed by atoms with Crippen LogP contribution in [0.5, 0.6) is 0 Å². The van der Waals surface area contributed by atoms with Gasteiger partial charge in [-0.1, -0.05) is 35.3 Å². The summed E-state index contributed by atoms with van der Waals surface area (Å²) in [5, 5.41) is 12.1. The molecule has 1 atom stereocenters. The number of carbonyl (C=O) groups excluding carboxylic acids is 2. The van der Waals surface area contributed by atoms with Gasteiger partial charge in [-0.05, 0) is 37.3 Å². The van der Waals surface area contributed by atoms with E-state index in [1.54, 1.807) is 24.3 Å². The predicted molar refractivity (Wildman–Crippen MR) is 91.1 cm³/mol. The van der Waals surface area contributed by atoms with E-state index in [1.807, 2.05) is 6.07 Å². The highest BCUT2D eigenvalue weighted by atomic mass is 35.5. The molecular weight excluding hydrogens is 351 g/mol. The van der Waals surface area contributed by atoms with Crippen molar-refractivity contribution in [3.8, 4) is 6.07 Å². The Morgan fingerprint density at radius 2 is 1.92 bits per heavy atom. The van der Waals surface area contributed by atoms with Crippen LogP contribution in [0.3, 0.4) is 0 Å². The number of halogens is 2. The lowest BCUT2D eigenvalue weighted by atomic mass is 10.2. The Bertz CT molecular complexity index is 831. The van der Waals surface area contributed by atoms with Crippen LogP contribution >= 0.6 is 23.2 Å². The molecule has 2 rings (SSSR count). The topological polar surface area (TPSA) is 79.2 Å². The first-order valence-electron chi connectivity index (χ1n) is 6.88. The highest BCUT2D eigenvalue weighted by Gasteiger charge is 2.21. The predicted octanol–water partition coefficient (Wildman–Crippen LogP) is 4.05. The second-order valence-corrected chi connectivity index (χ2v) is 5.66. The third-order valence-electron chi connectivity index (χ3n) is 3.11. The minimum absolute atomic E-state index is 0.109. The number of carbonyl (C=O) groups is 2. The van der Waals surface area contributed by atoms with Crippen molar-refractivity contribution in [2.45, 2.75) is 13.0 Å². The maximum atomic E-state index is 12.1. The van der Waals surface area contributed by atoms with Gasteiger partial charge in [0.2, 0.25) is 0 Å². The SMILES string of the molecule is C[C@H](OC(=O)c1ccc(Cl)cc1Cl)C(=O)Nc1ccccc1C#N. The molecule has 0 saturated heterocycles. The fourth-order valence-corrected chi connectivity index (χ4v) is 2.34. The Labute approximate surface area is 148 Å². The number of benzene rings is 2. The molecule has 0 spiro atoms. The molecule has 5 nitrogen and oxygen atoms in total. The fraction of sp³-hybridized carbons (Fsp3) is 0.118. The Morgan fingerprint density at radius 3 is 2.58 bits per heavy atom. The number of hydrogen-bond acceptors (Lipinski definition) is 4. The van der Waals surface area contributed by atoms with Gasteiger partial charge in [-0.3, -0.25) is 4.79 Å². The molecule has 7 heteroatoms. The van der Waals surface area contributed by atoms with Gasteiger partial charge in [0.25, 0.3) is 5.91 Å². The van der Waals surface area contributed by atoms with Crippen molar-refractivity contribution >= 4 is 40.8 Å². The number of esters is 1. The van der Waals surface area contributed by atoms with Gasteiger partial charge in [-0.2, -0.15) is 5.26 Å². The van der Waals surface area contributed by atoms with Crippen molar-refractivity contribution in [1.29, 1.82) is 5.26 Å². The zero-order chi connectivity index (χ0) is 17.7. The van der Waals surface area contributed by atoms with Crippen molar-refractivity contribution in [1.82, 2.24) is 0 Å². The van der Waals surface area contributed by atoms with E-state index in [0.29, 0.717) is 16.3 Å². The van der Waals surface area contributed by atoms with E-state index in [1.165, 1.54) is 25.1 Å². The number of ether oxygens (including phenoxy) is 1. The maximum Gasteiger partial charge on any atom is 0.340 e. The number of nitriles is 1. The maximum absolute atomic E-state index is 12.1. The van der Waals surface area contributed by atoms with Crippen molar-refractivity contribution < 1.29 is 14.3 Å². The van der Waals surface area contributed by atoms with Crippen LogP contribution in [0.1, 0.15) is 22.8 Å². The first kappa shape index (κ1) is 17.8. The minimum atomic E-state index is -1.07. The van der Waals surface area contributed by atoms with E-state index in [4.69, 9.17) is 33.2 Å². The molecule has 0 bridgehead atoms. The lowest BCUT2D eigenvalue weighted by Gasteiger charge is -2.14. The number of amides is 1. The quantitative estimate of drug-likeness (QED) is 0.832. The van der Waals surface area contributed by atoms with Gasteiger partial charge in [0.15, 0.2) is 6.10 Å². The molecule has 2 aromatic carbocycles. The average molecular weight is 363 g/mol. The van der Waals surface area contributed by atoms with Crippen molar-refractivity contribution in [2.24, 2.45) is 0 Å². The number of rotatable bonds is 4. The molecular formula is C17H12Cl2N2O3. The second kappa shape index (κ2) is 7.82. The third-order valence-corrected chi connectivity index (χ3v) is 3.66. The molecule has 24 heavy (non-hydrogen) atoms. The van der Waals surface area contributed by atoms with Crippen molar-refractivity contribution in [3.63, 3.8) is 0 Å². The van der Waals surface area contributed by atoms with Crippen LogP contribution in [0.15, 0.2) is 42.5 Å². The molecule has 0 aliphatic heterocycles. The molecule has 0 aromatic heterocycles. The summed E-state index contributed by atoms with van der Waals surface area (Å²) in [5.41, 5.74) is 0.765. The summed E-state index contributed by atoms with van der Waals surface area (Å²) < 4.78 is 5.10. The Kier molecular flexibility index (Phi) is 5.80. The summed E-state index contributed by atoms with van der Waals surface area (Å²) in [7, 11) is 0. The molecule has 2 aromatic rings. The van der Waals surface area contributed by atoms with Gasteiger partial charge >= 0.3 is 5.97 Å². The summed E-state index contributed by atoms with van der Waals surface area (Å²) in [5.74, 6) is -1.30. The average Bonchev–Trinajstić information content (AvgIpc) is 2.55. The zero-order valence-corrected chi connectivity index (χ0v) is 14.1. The van der Waals surface area contributed by atoms with Gasteiger partial charge in [-0.15, -0.1) is 0 Å². The smallest absolute Gasteiger partial charge is 0.340 e. The molecule has 0 aliphatic rings. The van der Waals surface area contributed by atoms with Crippen LogP contribution in [-0.4, -0.2) is 18.0 Å². The highest BCUT2D eigenvalue weighted by Crippen LogP contribution is 2.22. The number of hydrogen-bond donors (Lipinski definition) is 1. The van der Waals surface area contributed by atoms with E-state index in [0.717, 1.165) is 0 Å². The number of para-hydroxylation sites is 1.